The van der Waals surface area contributed by atoms with Crippen LogP contribution in [0.25, 0.3) is 12.2 Å². The topological polar surface area (TPSA) is 66.0 Å². The molecule has 0 radical (unpaired) electrons. The summed E-state index contributed by atoms with van der Waals surface area (Å²) in [4.78, 5) is 8.35. The first-order valence-corrected chi connectivity index (χ1v) is 11.3. The molecular weight excluding hydrogens is 476 g/mol. The predicted molar refractivity (Wildman–Crippen MR) is 125 cm³/mol. The van der Waals surface area contributed by atoms with Gasteiger partial charge < -0.3 is 9.15 Å². The van der Waals surface area contributed by atoms with Gasteiger partial charge in [0.05, 0.1) is 5.56 Å². The molecular formula is C26H24F4N4O2. The fraction of sp³-hybridized carbons (Fsp3) is 0.269. The van der Waals surface area contributed by atoms with Gasteiger partial charge >= 0.3 is 6.18 Å². The van der Waals surface area contributed by atoms with Crippen LogP contribution in [-0.2, 0) is 25.7 Å². The van der Waals surface area contributed by atoms with Gasteiger partial charge in [-0.2, -0.15) is 18.3 Å². The number of aryl methyl sites for hydroxylation is 3. The number of nitrogens with zero attached hydrogens (tertiary/aromatic N) is 4. The molecule has 4 rings (SSSR count). The Morgan fingerprint density at radius 2 is 1.86 bits per heavy atom. The van der Waals surface area contributed by atoms with Crippen LogP contribution in [0.4, 0.5) is 17.6 Å². The lowest BCUT2D eigenvalue weighted by atomic mass is 10.1. The number of oxazole rings is 1. The van der Waals surface area contributed by atoms with E-state index >= 15 is 0 Å². The maximum absolute atomic E-state index is 14.0. The normalized spacial score (nSPS) is 11.9. The Hall–Kier alpha value is -3.95. The molecule has 0 aliphatic rings. The summed E-state index contributed by atoms with van der Waals surface area (Å²) in [5.74, 6) is 0.662. The van der Waals surface area contributed by atoms with Crippen LogP contribution in [0.3, 0.4) is 0 Å². The number of rotatable bonds is 10. The fourth-order valence-electron chi connectivity index (χ4n) is 3.47. The number of ether oxygens (including phenoxy) is 1. The summed E-state index contributed by atoms with van der Waals surface area (Å²) in [5, 5.41) is 4.28. The molecule has 4 aromatic rings. The Morgan fingerprint density at radius 1 is 1.06 bits per heavy atom. The number of benzene rings is 2. The minimum atomic E-state index is -4.60. The highest BCUT2D eigenvalue weighted by atomic mass is 19.4. The van der Waals surface area contributed by atoms with Crippen molar-refractivity contribution < 1.29 is 26.7 Å². The summed E-state index contributed by atoms with van der Waals surface area (Å²) >= 11 is 0. The van der Waals surface area contributed by atoms with Crippen molar-refractivity contribution in [3.05, 3.63) is 95.0 Å². The first-order chi connectivity index (χ1) is 17.3. The monoisotopic (exact) mass is 500 g/mol. The molecule has 0 aliphatic heterocycles. The molecule has 0 bridgehead atoms. The van der Waals surface area contributed by atoms with E-state index in [1.807, 2.05) is 35.9 Å². The Labute approximate surface area is 205 Å². The molecule has 0 atom stereocenters. The van der Waals surface area contributed by atoms with Gasteiger partial charge in [0.2, 0.25) is 5.89 Å². The van der Waals surface area contributed by atoms with Gasteiger partial charge in [0.25, 0.3) is 0 Å². The SMILES string of the molecule is Cc1ncn(CCCCc2ccc(OCc3coc(/C=C/c4ccc(C(F)(F)F)cc4F)n3)cc2)n1. The van der Waals surface area contributed by atoms with E-state index in [0.717, 1.165) is 43.8 Å². The second-order valence-corrected chi connectivity index (χ2v) is 8.19. The quantitative estimate of drug-likeness (QED) is 0.184. The van der Waals surface area contributed by atoms with Gasteiger partial charge in [-0.1, -0.05) is 18.2 Å². The Bertz CT molecular complexity index is 1310. The highest BCUT2D eigenvalue weighted by Crippen LogP contribution is 2.30. The van der Waals surface area contributed by atoms with E-state index in [-0.39, 0.29) is 18.1 Å². The minimum Gasteiger partial charge on any atom is -0.487 e. The molecule has 10 heteroatoms. The van der Waals surface area contributed by atoms with E-state index in [9.17, 15) is 17.6 Å². The third-order valence-electron chi connectivity index (χ3n) is 5.37. The Morgan fingerprint density at radius 3 is 2.56 bits per heavy atom. The Balaban J connectivity index is 1.23. The lowest BCUT2D eigenvalue weighted by Crippen LogP contribution is -2.05. The number of hydrogen-bond acceptors (Lipinski definition) is 5. The standard InChI is InChI=1S/C26H24F4N4O2/c1-18-31-17-34(33-18)13-3-2-4-19-5-10-23(11-6-19)35-15-22-16-36-25(32-22)12-8-20-7-9-21(14-24(20)27)26(28,29)30/h5-12,14,16-17H,2-4,13,15H2,1H3/b12-8+. The summed E-state index contributed by atoms with van der Waals surface area (Å²) in [7, 11) is 0. The lowest BCUT2D eigenvalue weighted by molar-refractivity contribution is -0.137. The summed E-state index contributed by atoms with van der Waals surface area (Å²) in [5.41, 5.74) is 0.683. The number of alkyl halides is 3. The molecule has 0 spiro atoms. The van der Waals surface area contributed by atoms with E-state index in [2.05, 4.69) is 15.1 Å². The van der Waals surface area contributed by atoms with Crippen LogP contribution in [0.1, 0.15) is 46.9 Å². The predicted octanol–water partition coefficient (Wildman–Crippen LogP) is 6.50. The molecule has 0 N–H and O–H groups in total. The van der Waals surface area contributed by atoms with Gasteiger partial charge in [0.15, 0.2) is 0 Å². The molecule has 2 aromatic carbocycles. The Kier molecular flexibility index (Phi) is 7.82. The highest BCUT2D eigenvalue weighted by Gasteiger charge is 2.30. The molecule has 2 aromatic heterocycles. The second kappa shape index (κ2) is 11.2. The zero-order valence-corrected chi connectivity index (χ0v) is 19.5. The number of hydrogen-bond donors (Lipinski definition) is 0. The van der Waals surface area contributed by atoms with Crippen molar-refractivity contribution >= 4 is 12.2 Å². The third kappa shape index (κ3) is 7.03. The molecule has 0 fully saturated rings. The lowest BCUT2D eigenvalue weighted by Gasteiger charge is -2.07. The molecule has 0 unspecified atom stereocenters. The first kappa shape index (κ1) is 25.2. The average Bonchev–Trinajstić information content (AvgIpc) is 3.48. The van der Waals surface area contributed by atoms with Crippen LogP contribution in [0.5, 0.6) is 5.75 Å². The van der Waals surface area contributed by atoms with Crippen LogP contribution in [0.15, 0.2) is 59.5 Å². The van der Waals surface area contributed by atoms with Gasteiger partial charge in [-0.3, -0.25) is 4.68 Å². The smallest absolute Gasteiger partial charge is 0.416 e. The van der Waals surface area contributed by atoms with Crippen molar-refractivity contribution in [3.63, 3.8) is 0 Å². The molecule has 0 saturated heterocycles. The molecule has 6 nitrogen and oxygen atoms in total. The first-order valence-electron chi connectivity index (χ1n) is 11.3. The maximum atomic E-state index is 14.0. The fourth-order valence-corrected chi connectivity index (χ4v) is 3.47. The van der Waals surface area contributed by atoms with E-state index < -0.39 is 17.6 Å². The second-order valence-electron chi connectivity index (χ2n) is 8.19. The van der Waals surface area contributed by atoms with Gasteiger partial charge in [-0.25, -0.2) is 14.4 Å². The third-order valence-corrected chi connectivity index (χ3v) is 5.37. The molecule has 0 saturated carbocycles. The maximum Gasteiger partial charge on any atom is 0.416 e. The number of unbranched alkanes of at least 4 members (excludes halogenated alkanes) is 1. The number of halogens is 4. The zero-order chi connectivity index (χ0) is 25.5. The van der Waals surface area contributed by atoms with Crippen LogP contribution < -0.4 is 4.74 Å². The summed E-state index contributed by atoms with van der Waals surface area (Å²) in [6.45, 7) is 2.88. The molecule has 0 aliphatic carbocycles. The molecule has 0 amide bonds. The van der Waals surface area contributed by atoms with Crippen LogP contribution in [-0.4, -0.2) is 19.7 Å². The van der Waals surface area contributed by atoms with Crippen LogP contribution in [0.2, 0.25) is 0 Å². The van der Waals surface area contributed by atoms with Crippen LogP contribution >= 0.6 is 0 Å². The van der Waals surface area contributed by atoms with Crippen molar-refractivity contribution in [1.29, 1.82) is 0 Å². The average molecular weight is 500 g/mol. The summed E-state index contributed by atoms with van der Waals surface area (Å²) in [6.07, 6.45) is 4.24. The highest BCUT2D eigenvalue weighted by molar-refractivity contribution is 5.66. The van der Waals surface area contributed by atoms with Gasteiger partial charge in [0.1, 0.15) is 42.3 Å². The largest absolute Gasteiger partial charge is 0.487 e. The van der Waals surface area contributed by atoms with E-state index in [4.69, 9.17) is 9.15 Å². The van der Waals surface area contributed by atoms with Crippen molar-refractivity contribution in [1.82, 2.24) is 19.7 Å². The van der Waals surface area contributed by atoms with Gasteiger partial charge in [-0.15, -0.1) is 0 Å². The van der Waals surface area contributed by atoms with E-state index in [1.54, 1.807) is 6.33 Å². The molecule has 2 heterocycles. The molecule has 188 valence electrons. The van der Waals surface area contributed by atoms with Gasteiger partial charge in [0, 0.05) is 18.2 Å². The van der Waals surface area contributed by atoms with Crippen molar-refractivity contribution in [2.75, 3.05) is 0 Å². The van der Waals surface area contributed by atoms with Crippen molar-refractivity contribution in [2.45, 2.75) is 45.5 Å². The van der Waals surface area contributed by atoms with Crippen molar-refractivity contribution in [3.8, 4) is 5.75 Å². The van der Waals surface area contributed by atoms with Gasteiger partial charge in [-0.05, 0) is 62.1 Å². The van der Waals surface area contributed by atoms with Crippen molar-refractivity contribution in [2.24, 2.45) is 0 Å². The minimum absolute atomic E-state index is 0.00687. The van der Waals surface area contributed by atoms with E-state index in [0.29, 0.717) is 17.5 Å². The number of aromatic nitrogens is 4. The molecule has 36 heavy (non-hydrogen) atoms. The van der Waals surface area contributed by atoms with E-state index in [1.165, 1.54) is 24.0 Å². The summed E-state index contributed by atoms with van der Waals surface area (Å²) < 4.78 is 64.8. The van der Waals surface area contributed by atoms with Crippen LogP contribution in [0, 0.1) is 12.7 Å². The summed E-state index contributed by atoms with van der Waals surface area (Å²) in [6, 6.07) is 10.2. The zero-order valence-electron chi connectivity index (χ0n) is 19.5.